The average molecular weight is 1200 g/mol. The highest BCUT2D eigenvalue weighted by molar-refractivity contribution is 6.17. The van der Waals surface area contributed by atoms with E-state index in [1.165, 1.54) is 0 Å². The molecule has 0 spiro atoms. The van der Waals surface area contributed by atoms with E-state index in [9.17, 15) is 14.9 Å². The molecule has 1 aliphatic carbocycles. The molecule has 5 aromatic heterocycles. The van der Waals surface area contributed by atoms with Crippen LogP contribution in [0, 0.1) is 11.3 Å². The molecule has 1 aliphatic rings. The first-order valence-electron chi connectivity index (χ1n) is 30.9. The van der Waals surface area contributed by atoms with Gasteiger partial charge in [-0.15, -0.1) is 10.2 Å². The molecule has 0 saturated carbocycles. The van der Waals surface area contributed by atoms with Gasteiger partial charge in [-0.25, -0.2) is 9.59 Å². The minimum Gasteiger partial charge on any atom is -0.458 e. The molecule has 1 atom stereocenters. The van der Waals surface area contributed by atoms with Crippen LogP contribution in [0.25, 0.3) is 133 Å². The number of carbonyl (C=O) groups is 2. The van der Waals surface area contributed by atoms with Crippen molar-refractivity contribution in [3.8, 4) is 51.4 Å². The molecular formula is C79H56N8O5. The number of fused-ring (bicyclic) bond motifs is 15. The number of amides is 1. The topological polar surface area (TPSA) is 147 Å². The van der Waals surface area contributed by atoms with Gasteiger partial charge in [-0.2, -0.15) is 5.26 Å². The maximum atomic E-state index is 14.7. The van der Waals surface area contributed by atoms with E-state index >= 15 is 0 Å². The number of hydrogen-bond acceptors (Lipinski definition) is 8. The standard InChI is InChI=1S/C79H56N8O5/c1-79(2,3)92-77(88)61(81-78(89)90-46-60-49-26-6-4-24-47(49)48-25-5-7-27-50(48)60)44-70-82-83-76(91-70)71-72(84-62-36-16-8-28-51(62)52-29-9-17-37-63(52)84)59(45-80)73(85-64-38-18-10-30-53(64)54-31-11-19-39-65(54)85)75(87-68-42-22-14-34-57(68)58-35-15-23-43-69(58)87)74(71)86-66-40-20-12-32-55(66)56-33-13-21-41-67(56)86/h4-43,60-61H,44,46H2,1-3H3,(H,81,89)/t61-/m0/s1. The van der Waals surface area contributed by atoms with E-state index in [-0.39, 0.29) is 30.7 Å². The first kappa shape index (κ1) is 54.2. The fourth-order valence-electron chi connectivity index (χ4n) is 14.5. The highest BCUT2D eigenvalue weighted by atomic mass is 16.6. The molecule has 0 unspecified atom stereocenters. The molecule has 0 aliphatic heterocycles. The predicted octanol–water partition coefficient (Wildman–Crippen LogP) is 17.8. The van der Waals surface area contributed by atoms with Crippen molar-refractivity contribution < 1.29 is 23.5 Å². The summed E-state index contributed by atoms with van der Waals surface area (Å²) < 4.78 is 28.4. The van der Waals surface area contributed by atoms with Crippen molar-refractivity contribution in [3.63, 3.8) is 0 Å². The highest BCUT2D eigenvalue weighted by Gasteiger charge is 2.38. The number of para-hydroxylation sites is 8. The van der Waals surface area contributed by atoms with Gasteiger partial charge < -0.3 is 37.5 Å². The van der Waals surface area contributed by atoms with Gasteiger partial charge in [0, 0.05) is 49.0 Å². The first-order valence-corrected chi connectivity index (χ1v) is 30.9. The van der Waals surface area contributed by atoms with Gasteiger partial charge in [-0.05, 0) is 91.6 Å². The van der Waals surface area contributed by atoms with E-state index in [1.807, 2.05) is 72.8 Å². The summed E-state index contributed by atoms with van der Waals surface area (Å²) in [4.78, 5) is 29.0. The Labute approximate surface area is 527 Å². The monoisotopic (exact) mass is 1200 g/mol. The molecule has 0 bridgehead atoms. The molecular weight excluding hydrogens is 1140 g/mol. The Balaban J connectivity index is 0.980. The number of hydrogen-bond donors (Lipinski definition) is 1. The van der Waals surface area contributed by atoms with Crippen LogP contribution in [0.5, 0.6) is 0 Å². The summed E-state index contributed by atoms with van der Waals surface area (Å²) in [6.07, 6.45) is -1.11. The molecule has 0 radical (unpaired) electrons. The van der Waals surface area contributed by atoms with Crippen LogP contribution < -0.4 is 5.32 Å². The lowest BCUT2D eigenvalue weighted by atomic mass is 9.97. The van der Waals surface area contributed by atoms with Gasteiger partial charge in [0.25, 0.3) is 5.89 Å². The summed E-state index contributed by atoms with van der Waals surface area (Å²) >= 11 is 0. The fourth-order valence-corrected chi connectivity index (χ4v) is 14.5. The van der Waals surface area contributed by atoms with Crippen LogP contribution >= 0.6 is 0 Å². The van der Waals surface area contributed by atoms with E-state index in [4.69, 9.17) is 24.1 Å². The van der Waals surface area contributed by atoms with Gasteiger partial charge in [0.1, 0.15) is 29.9 Å². The Morgan fingerprint density at radius 3 is 1.22 bits per heavy atom. The van der Waals surface area contributed by atoms with Crippen molar-refractivity contribution in [1.82, 2.24) is 33.8 Å². The van der Waals surface area contributed by atoms with E-state index in [0.717, 1.165) is 109 Å². The van der Waals surface area contributed by atoms with Crippen molar-refractivity contribution in [2.45, 2.75) is 44.8 Å². The molecule has 11 aromatic carbocycles. The predicted molar refractivity (Wildman–Crippen MR) is 363 cm³/mol. The third-order valence-corrected chi connectivity index (χ3v) is 18.1. The molecule has 0 fully saturated rings. The van der Waals surface area contributed by atoms with E-state index in [0.29, 0.717) is 33.9 Å². The smallest absolute Gasteiger partial charge is 0.407 e. The van der Waals surface area contributed by atoms with E-state index in [2.05, 4.69) is 200 Å². The van der Waals surface area contributed by atoms with E-state index in [1.54, 1.807) is 20.8 Å². The second kappa shape index (κ2) is 21.1. The Hall–Kier alpha value is -12.0. The zero-order valence-corrected chi connectivity index (χ0v) is 50.3. The van der Waals surface area contributed by atoms with Crippen molar-refractivity contribution >= 4 is 99.3 Å². The van der Waals surface area contributed by atoms with Crippen molar-refractivity contribution in [3.05, 3.63) is 265 Å². The Morgan fingerprint density at radius 1 is 0.478 bits per heavy atom. The van der Waals surface area contributed by atoms with E-state index < -0.39 is 23.7 Å². The zero-order valence-electron chi connectivity index (χ0n) is 50.3. The molecule has 5 heterocycles. The molecule has 13 nitrogen and oxygen atoms in total. The summed E-state index contributed by atoms with van der Waals surface area (Å²) in [6, 6.07) is 84.6. The first-order chi connectivity index (χ1) is 45.1. The average Bonchev–Trinajstić information content (AvgIpc) is 1.39. The van der Waals surface area contributed by atoms with Crippen molar-refractivity contribution in [2.24, 2.45) is 0 Å². The summed E-state index contributed by atoms with van der Waals surface area (Å²) in [7, 11) is 0. The number of carbonyl (C=O) groups excluding carboxylic acids is 2. The van der Waals surface area contributed by atoms with Gasteiger partial charge in [0.15, 0.2) is 0 Å². The number of nitrogens with one attached hydrogen (secondary N) is 1. The van der Waals surface area contributed by atoms with Crippen LogP contribution in [0.1, 0.15) is 49.3 Å². The summed E-state index contributed by atoms with van der Waals surface area (Å²) in [5, 5.41) is 33.6. The quantitative estimate of drug-likeness (QED) is 0.126. The van der Waals surface area contributed by atoms with Gasteiger partial charge in [-0.1, -0.05) is 194 Å². The molecule has 16 aromatic rings. The minimum absolute atomic E-state index is 0.0135. The summed E-state index contributed by atoms with van der Waals surface area (Å²) in [5.41, 5.74) is 13.4. The van der Waals surface area contributed by atoms with Crippen molar-refractivity contribution in [2.75, 3.05) is 6.61 Å². The molecule has 1 N–H and O–H groups in total. The lowest BCUT2D eigenvalue weighted by molar-refractivity contribution is -0.157. The number of alkyl carbamates (subject to hydrolysis) is 1. The maximum Gasteiger partial charge on any atom is 0.407 e. The van der Waals surface area contributed by atoms with Crippen LogP contribution in [0.3, 0.4) is 0 Å². The number of esters is 1. The molecule has 0 saturated heterocycles. The lowest BCUT2D eigenvalue weighted by Crippen LogP contribution is -2.46. The third kappa shape index (κ3) is 8.37. The maximum absolute atomic E-state index is 14.7. The number of nitrogens with zero attached hydrogens (tertiary/aromatic N) is 7. The Bertz CT molecular complexity index is 5530. The second-order valence-electron chi connectivity index (χ2n) is 24.5. The minimum atomic E-state index is -1.35. The molecule has 1 amide bonds. The number of nitriles is 1. The Morgan fingerprint density at radius 2 is 0.826 bits per heavy atom. The summed E-state index contributed by atoms with van der Waals surface area (Å²) in [5.74, 6) is -0.894. The molecule has 17 rings (SSSR count). The van der Waals surface area contributed by atoms with Gasteiger partial charge >= 0.3 is 12.1 Å². The second-order valence-corrected chi connectivity index (χ2v) is 24.5. The van der Waals surface area contributed by atoms with Crippen LogP contribution in [0.4, 0.5) is 4.79 Å². The summed E-state index contributed by atoms with van der Waals surface area (Å²) in [6.45, 7) is 5.34. The number of ether oxygens (including phenoxy) is 2. The highest BCUT2D eigenvalue weighted by Crippen LogP contribution is 2.52. The van der Waals surface area contributed by atoms with Gasteiger partial charge in [0.2, 0.25) is 5.89 Å². The zero-order chi connectivity index (χ0) is 61.9. The van der Waals surface area contributed by atoms with Gasteiger partial charge in [-0.3, -0.25) is 0 Å². The van der Waals surface area contributed by atoms with Crippen molar-refractivity contribution in [1.29, 1.82) is 5.26 Å². The normalized spacial score (nSPS) is 12.8. The third-order valence-electron chi connectivity index (χ3n) is 18.1. The van der Waals surface area contributed by atoms with Crippen LogP contribution in [0.15, 0.2) is 247 Å². The fraction of sp³-hybridized carbons (Fsp3) is 0.101. The molecule has 92 heavy (non-hydrogen) atoms. The largest absolute Gasteiger partial charge is 0.458 e. The number of benzene rings is 11. The lowest BCUT2D eigenvalue weighted by Gasteiger charge is -2.28. The Kier molecular flexibility index (Phi) is 12.4. The van der Waals surface area contributed by atoms with Crippen LogP contribution in [-0.2, 0) is 20.7 Å². The van der Waals surface area contributed by atoms with Gasteiger partial charge in [0.05, 0.1) is 78.9 Å². The van der Waals surface area contributed by atoms with Crippen LogP contribution in [0.2, 0.25) is 0 Å². The molecule has 13 heteroatoms. The SMILES string of the molecule is CC(C)(C)OC(=O)[C@H](Cc1nnc(-c2c(-n3c4ccccc4c4ccccc43)c(C#N)c(-n3c4ccccc4c4ccccc43)c(-n3c4ccccc4c4ccccc43)c2-n2c3ccccc3c3ccccc32)o1)NC(=O)OCC1c2ccccc2-c2ccccc21. The number of aromatic nitrogens is 6. The molecule has 442 valence electrons. The number of rotatable bonds is 11. The van der Waals surface area contributed by atoms with Crippen LogP contribution in [-0.4, -0.2) is 58.8 Å².